The Bertz CT molecular complexity index is 479. The van der Waals surface area contributed by atoms with E-state index in [4.69, 9.17) is 5.11 Å². The number of carboxylic acid groups (broad SMARTS) is 1. The highest BCUT2D eigenvalue weighted by Gasteiger charge is 2.48. The molecular formula is C17H24O4. The molecule has 3 N–H and O–H groups in total. The number of carboxylic acids is 1. The molecule has 2 aliphatic rings. The van der Waals surface area contributed by atoms with Crippen molar-refractivity contribution in [3.8, 4) is 0 Å². The Balaban J connectivity index is 2.25. The van der Waals surface area contributed by atoms with Crippen LogP contribution in [0.25, 0.3) is 0 Å². The van der Waals surface area contributed by atoms with Crippen molar-refractivity contribution in [3.05, 3.63) is 36.5 Å². The summed E-state index contributed by atoms with van der Waals surface area (Å²) in [5, 5.41) is 29.7. The number of hydrogen-bond donors (Lipinski definition) is 3. The molecule has 0 aromatic heterocycles. The molecule has 0 unspecified atom stereocenters. The van der Waals surface area contributed by atoms with Gasteiger partial charge in [0, 0.05) is 12.0 Å². The van der Waals surface area contributed by atoms with E-state index in [0.717, 1.165) is 18.9 Å². The van der Waals surface area contributed by atoms with Crippen molar-refractivity contribution in [2.45, 2.75) is 38.4 Å². The minimum atomic E-state index is -1.12. The van der Waals surface area contributed by atoms with Crippen molar-refractivity contribution in [1.29, 1.82) is 0 Å². The minimum absolute atomic E-state index is 0.0387. The Morgan fingerprint density at radius 3 is 2.67 bits per heavy atom. The molecule has 4 nitrogen and oxygen atoms in total. The number of aliphatic hydroxyl groups excluding tert-OH is 1. The molecule has 0 spiro atoms. The van der Waals surface area contributed by atoms with Crippen molar-refractivity contribution in [2.24, 2.45) is 23.7 Å². The predicted octanol–water partition coefficient (Wildman–Crippen LogP) is 2.14. The summed E-state index contributed by atoms with van der Waals surface area (Å²) in [4.78, 5) is 10.5. The third-order valence-electron chi connectivity index (χ3n) is 4.77. The van der Waals surface area contributed by atoms with Crippen molar-refractivity contribution in [2.75, 3.05) is 0 Å². The Hall–Kier alpha value is -1.39. The normalized spacial score (nSPS) is 43.3. The lowest BCUT2D eigenvalue weighted by molar-refractivity contribution is -0.131. The highest BCUT2D eigenvalue weighted by Crippen LogP contribution is 2.48. The maximum absolute atomic E-state index is 10.9. The van der Waals surface area contributed by atoms with Crippen molar-refractivity contribution in [1.82, 2.24) is 0 Å². The van der Waals surface area contributed by atoms with Crippen molar-refractivity contribution >= 4 is 5.97 Å². The van der Waals surface area contributed by atoms with E-state index in [-0.39, 0.29) is 11.8 Å². The first-order valence-electron chi connectivity index (χ1n) is 7.52. The van der Waals surface area contributed by atoms with Crippen molar-refractivity contribution in [3.63, 3.8) is 0 Å². The standard InChI is InChI=1S/C17H24O4/c1-11-9-12(2)16-13(10-11)14(18)6-8-17(16,21)7-4-3-5-15(19)20/h3-8,11-14,16,18,21H,9-10H2,1-2H3,(H,19,20)/b5-3+,7-4+/t11-,12+,13+,14+,16-,17+/m0/s1. The van der Waals surface area contributed by atoms with Crippen LogP contribution in [-0.2, 0) is 4.79 Å². The topological polar surface area (TPSA) is 77.8 Å². The number of hydrogen-bond acceptors (Lipinski definition) is 3. The van der Waals surface area contributed by atoms with Gasteiger partial charge in [-0.1, -0.05) is 38.2 Å². The van der Waals surface area contributed by atoms with E-state index < -0.39 is 17.7 Å². The van der Waals surface area contributed by atoms with Crippen LogP contribution < -0.4 is 0 Å². The molecule has 21 heavy (non-hydrogen) atoms. The van der Waals surface area contributed by atoms with Crippen LogP contribution in [0.4, 0.5) is 0 Å². The Labute approximate surface area is 125 Å². The highest BCUT2D eigenvalue weighted by atomic mass is 16.4. The lowest BCUT2D eigenvalue weighted by Crippen LogP contribution is -2.51. The summed E-state index contributed by atoms with van der Waals surface area (Å²) in [6.45, 7) is 4.30. The van der Waals surface area contributed by atoms with E-state index in [1.807, 2.05) is 0 Å². The Kier molecular flexibility index (Phi) is 4.69. The maximum atomic E-state index is 10.9. The van der Waals surface area contributed by atoms with Crippen LogP contribution in [0, 0.1) is 23.7 Å². The number of rotatable bonds is 3. The van der Waals surface area contributed by atoms with E-state index in [1.165, 1.54) is 6.08 Å². The summed E-state index contributed by atoms with van der Waals surface area (Å²) in [6, 6.07) is 0. The lowest BCUT2D eigenvalue weighted by atomic mass is 9.58. The molecule has 0 aromatic rings. The monoisotopic (exact) mass is 292 g/mol. The molecule has 2 rings (SSSR count). The molecule has 116 valence electrons. The van der Waals surface area contributed by atoms with Crippen LogP contribution in [-0.4, -0.2) is 33.0 Å². The number of carbonyl (C=O) groups is 1. The van der Waals surface area contributed by atoms with Crippen LogP contribution in [0.1, 0.15) is 26.7 Å². The second kappa shape index (κ2) is 6.16. The zero-order valence-corrected chi connectivity index (χ0v) is 12.5. The summed E-state index contributed by atoms with van der Waals surface area (Å²) < 4.78 is 0. The highest BCUT2D eigenvalue weighted by molar-refractivity contribution is 5.80. The maximum Gasteiger partial charge on any atom is 0.328 e. The molecule has 0 saturated heterocycles. The fourth-order valence-corrected chi connectivity index (χ4v) is 4.08. The molecule has 1 saturated carbocycles. The Morgan fingerprint density at radius 1 is 1.29 bits per heavy atom. The average Bonchev–Trinajstić information content (AvgIpc) is 2.39. The quantitative estimate of drug-likeness (QED) is 0.423. The molecule has 0 bridgehead atoms. The first kappa shape index (κ1) is 16.0. The summed E-state index contributed by atoms with van der Waals surface area (Å²) in [6.07, 6.45) is 10.4. The van der Waals surface area contributed by atoms with Crippen LogP contribution in [0.2, 0.25) is 0 Å². The third kappa shape index (κ3) is 3.44. The van der Waals surface area contributed by atoms with Gasteiger partial charge in [-0.2, -0.15) is 0 Å². The largest absolute Gasteiger partial charge is 0.478 e. The molecule has 4 heteroatoms. The number of aliphatic carboxylic acids is 1. The summed E-state index contributed by atoms with van der Waals surface area (Å²) >= 11 is 0. The first-order chi connectivity index (χ1) is 9.83. The van der Waals surface area contributed by atoms with Gasteiger partial charge in [-0.15, -0.1) is 0 Å². The number of fused-ring (bicyclic) bond motifs is 1. The van der Waals surface area contributed by atoms with Gasteiger partial charge in [-0.05, 0) is 36.7 Å². The second-order valence-electron chi connectivity index (χ2n) is 6.54. The summed E-state index contributed by atoms with van der Waals surface area (Å²) in [5.74, 6) is -0.159. The van der Waals surface area contributed by atoms with Gasteiger partial charge in [-0.3, -0.25) is 0 Å². The van der Waals surface area contributed by atoms with Crippen LogP contribution in [0.3, 0.4) is 0 Å². The zero-order chi connectivity index (χ0) is 15.6. The van der Waals surface area contributed by atoms with Gasteiger partial charge < -0.3 is 15.3 Å². The molecule has 0 heterocycles. The summed E-state index contributed by atoms with van der Waals surface area (Å²) in [7, 11) is 0. The van der Waals surface area contributed by atoms with Crippen LogP contribution >= 0.6 is 0 Å². The van der Waals surface area contributed by atoms with Gasteiger partial charge >= 0.3 is 5.97 Å². The number of allylic oxidation sites excluding steroid dienone is 2. The van der Waals surface area contributed by atoms with Crippen LogP contribution in [0.5, 0.6) is 0 Å². The molecule has 2 aliphatic carbocycles. The first-order valence-corrected chi connectivity index (χ1v) is 7.52. The van der Waals surface area contributed by atoms with E-state index in [0.29, 0.717) is 11.8 Å². The molecule has 0 aliphatic heterocycles. The predicted molar refractivity (Wildman–Crippen MR) is 80.6 cm³/mol. The van der Waals surface area contributed by atoms with E-state index in [2.05, 4.69) is 13.8 Å². The van der Waals surface area contributed by atoms with E-state index in [1.54, 1.807) is 24.3 Å². The molecule has 0 radical (unpaired) electrons. The average molecular weight is 292 g/mol. The van der Waals surface area contributed by atoms with Crippen molar-refractivity contribution < 1.29 is 20.1 Å². The molecule has 0 aromatic carbocycles. The zero-order valence-electron chi connectivity index (χ0n) is 12.5. The van der Waals surface area contributed by atoms with Gasteiger partial charge in [0.1, 0.15) is 5.60 Å². The van der Waals surface area contributed by atoms with Gasteiger partial charge in [-0.25, -0.2) is 4.79 Å². The van der Waals surface area contributed by atoms with Gasteiger partial charge in [0.15, 0.2) is 0 Å². The van der Waals surface area contributed by atoms with E-state index in [9.17, 15) is 15.0 Å². The fraction of sp³-hybridized carbons (Fsp3) is 0.588. The molecule has 0 amide bonds. The van der Waals surface area contributed by atoms with Crippen LogP contribution in [0.15, 0.2) is 36.5 Å². The number of aliphatic hydroxyl groups is 2. The van der Waals surface area contributed by atoms with Gasteiger partial charge in [0.25, 0.3) is 0 Å². The second-order valence-corrected chi connectivity index (χ2v) is 6.54. The molecule has 1 fully saturated rings. The lowest BCUT2D eigenvalue weighted by Gasteiger charge is -2.49. The minimum Gasteiger partial charge on any atom is -0.478 e. The molecule has 6 atom stereocenters. The molecular weight excluding hydrogens is 268 g/mol. The van der Waals surface area contributed by atoms with E-state index >= 15 is 0 Å². The summed E-state index contributed by atoms with van der Waals surface area (Å²) in [5.41, 5.74) is -1.12. The van der Waals surface area contributed by atoms with Gasteiger partial charge in [0.2, 0.25) is 0 Å². The third-order valence-corrected chi connectivity index (χ3v) is 4.77. The Morgan fingerprint density at radius 2 is 2.00 bits per heavy atom. The van der Waals surface area contributed by atoms with Gasteiger partial charge in [0.05, 0.1) is 6.10 Å². The SMILES string of the molecule is C[C@@H]1C[C@H]2[C@H]([C@H](C)C1)[C@@](O)(/C=C/C=C/C(=O)O)C=C[C@H]2O. The fourth-order valence-electron chi connectivity index (χ4n) is 4.08. The smallest absolute Gasteiger partial charge is 0.328 e.